The van der Waals surface area contributed by atoms with Gasteiger partial charge in [0.15, 0.2) is 0 Å². The van der Waals surface area contributed by atoms with E-state index in [0.717, 1.165) is 12.4 Å². The maximum absolute atomic E-state index is 5.50. The molecule has 0 radical (unpaired) electrons. The van der Waals surface area contributed by atoms with E-state index < -0.39 is 0 Å². The highest BCUT2D eigenvalue weighted by Crippen LogP contribution is 2.26. The number of nitrogens with zero attached hydrogens (tertiary/aromatic N) is 2. The number of methoxy groups -OCH3 is 1. The van der Waals surface area contributed by atoms with Crippen LogP contribution in [0.25, 0.3) is 0 Å². The first kappa shape index (κ1) is 12.2. The third kappa shape index (κ3) is 2.38. The number of imidazole rings is 1. The first-order valence-corrected chi connectivity index (χ1v) is 5.30. The molecule has 1 heterocycles. The topological polar surface area (TPSA) is 39.1 Å². The summed E-state index contributed by atoms with van der Waals surface area (Å²) in [4.78, 5) is 4.39. The Kier molecular flexibility index (Phi) is 3.88. The van der Waals surface area contributed by atoms with E-state index in [-0.39, 0.29) is 11.6 Å². The maximum atomic E-state index is 5.50. The van der Waals surface area contributed by atoms with Crippen molar-refractivity contribution in [1.29, 1.82) is 0 Å². The van der Waals surface area contributed by atoms with Crippen molar-refractivity contribution in [3.05, 3.63) is 18.2 Å². The molecule has 1 aromatic heterocycles. The van der Waals surface area contributed by atoms with Crippen LogP contribution in [0.5, 0.6) is 0 Å². The molecule has 0 fully saturated rings. The molecule has 0 bridgehead atoms. The van der Waals surface area contributed by atoms with Gasteiger partial charge in [-0.3, -0.25) is 0 Å². The van der Waals surface area contributed by atoms with E-state index in [2.05, 4.69) is 35.6 Å². The normalized spacial score (nSPS) is 14.2. The highest BCUT2D eigenvalue weighted by molar-refractivity contribution is 5.05. The van der Waals surface area contributed by atoms with E-state index in [1.54, 1.807) is 7.11 Å². The molecule has 0 aliphatic heterocycles. The second kappa shape index (κ2) is 4.77. The van der Waals surface area contributed by atoms with Gasteiger partial charge in [-0.05, 0) is 27.8 Å². The van der Waals surface area contributed by atoms with E-state index in [1.165, 1.54) is 0 Å². The quantitative estimate of drug-likeness (QED) is 0.804. The summed E-state index contributed by atoms with van der Waals surface area (Å²) in [6, 6.07) is 0.0949. The second-order valence-corrected chi connectivity index (χ2v) is 4.10. The molecule has 1 aromatic rings. The number of rotatable bonds is 5. The summed E-state index contributed by atoms with van der Waals surface area (Å²) in [5.41, 5.74) is -0.271. The molecule has 1 rings (SSSR count). The Hall–Kier alpha value is -0.870. The van der Waals surface area contributed by atoms with Crippen LogP contribution in [0.3, 0.4) is 0 Å². The molecule has 4 nitrogen and oxygen atoms in total. The Bertz CT molecular complexity index is 307. The highest BCUT2D eigenvalue weighted by atomic mass is 16.5. The summed E-state index contributed by atoms with van der Waals surface area (Å²) in [6.45, 7) is 7.15. The van der Waals surface area contributed by atoms with Crippen molar-refractivity contribution in [1.82, 2.24) is 14.9 Å². The van der Waals surface area contributed by atoms with Gasteiger partial charge in [0.1, 0.15) is 5.82 Å². The summed E-state index contributed by atoms with van der Waals surface area (Å²) >= 11 is 0. The van der Waals surface area contributed by atoms with Gasteiger partial charge in [0.05, 0.1) is 11.6 Å². The average molecular weight is 211 g/mol. The van der Waals surface area contributed by atoms with Gasteiger partial charge >= 0.3 is 0 Å². The number of likely N-dealkylation sites (N-methyl/N-ethyl adjacent to an activating group) is 1. The fourth-order valence-electron chi connectivity index (χ4n) is 1.75. The molecule has 1 unspecified atom stereocenters. The largest absolute Gasteiger partial charge is 0.377 e. The van der Waals surface area contributed by atoms with Crippen LogP contribution in [0, 0.1) is 0 Å². The summed E-state index contributed by atoms with van der Waals surface area (Å²) in [7, 11) is 3.66. The summed E-state index contributed by atoms with van der Waals surface area (Å²) in [5.74, 6) is 1.02. The van der Waals surface area contributed by atoms with Crippen LogP contribution in [0.15, 0.2) is 12.4 Å². The van der Waals surface area contributed by atoms with Crippen LogP contribution in [0.2, 0.25) is 0 Å². The van der Waals surface area contributed by atoms with Crippen LogP contribution in [0.1, 0.15) is 32.6 Å². The molecule has 0 amide bonds. The fraction of sp³-hybridized carbons (Fsp3) is 0.727. The number of hydrogen-bond donors (Lipinski definition) is 1. The number of aryl methyl sites for hydroxylation is 1. The van der Waals surface area contributed by atoms with Gasteiger partial charge in [-0.15, -0.1) is 0 Å². The molecule has 0 aliphatic rings. The van der Waals surface area contributed by atoms with Crippen molar-refractivity contribution < 1.29 is 4.74 Å². The second-order valence-electron chi connectivity index (χ2n) is 4.10. The van der Waals surface area contributed by atoms with E-state index >= 15 is 0 Å². The number of ether oxygens (including phenoxy) is 1. The van der Waals surface area contributed by atoms with Crippen LogP contribution < -0.4 is 5.32 Å². The molecular formula is C11H21N3O. The van der Waals surface area contributed by atoms with E-state index in [4.69, 9.17) is 4.74 Å². The number of nitrogens with one attached hydrogen (secondary N) is 1. The summed E-state index contributed by atoms with van der Waals surface area (Å²) in [5, 5.41) is 3.26. The predicted octanol–water partition coefficient (Wildman–Crippen LogP) is 1.59. The van der Waals surface area contributed by atoms with Crippen molar-refractivity contribution in [2.75, 3.05) is 14.2 Å². The van der Waals surface area contributed by atoms with Crippen LogP contribution in [-0.4, -0.2) is 29.3 Å². The molecule has 1 N–H and O–H groups in total. The molecule has 0 saturated heterocycles. The lowest BCUT2D eigenvalue weighted by molar-refractivity contribution is -0.0123. The number of hydrogen-bond acceptors (Lipinski definition) is 3. The summed E-state index contributed by atoms with van der Waals surface area (Å²) < 4.78 is 7.63. The van der Waals surface area contributed by atoms with Crippen LogP contribution in [-0.2, 0) is 11.3 Å². The molecule has 0 aliphatic carbocycles. The first-order valence-electron chi connectivity index (χ1n) is 5.30. The highest BCUT2D eigenvalue weighted by Gasteiger charge is 2.32. The Morgan fingerprint density at radius 1 is 1.60 bits per heavy atom. The first-order chi connectivity index (χ1) is 7.06. The summed E-state index contributed by atoms with van der Waals surface area (Å²) in [6.07, 6.45) is 3.82. The van der Waals surface area contributed by atoms with E-state index in [1.807, 2.05) is 19.4 Å². The molecular weight excluding hydrogens is 190 g/mol. The molecule has 4 heteroatoms. The van der Waals surface area contributed by atoms with Gasteiger partial charge in [0.25, 0.3) is 0 Å². The lowest BCUT2D eigenvalue weighted by atomic mass is 9.98. The predicted molar refractivity (Wildman–Crippen MR) is 60.8 cm³/mol. The van der Waals surface area contributed by atoms with Crippen molar-refractivity contribution in [2.45, 2.75) is 39.0 Å². The fourth-order valence-corrected chi connectivity index (χ4v) is 1.75. The van der Waals surface area contributed by atoms with Gasteiger partial charge in [-0.1, -0.05) is 0 Å². The molecule has 0 saturated carbocycles. The molecule has 86 valence electrons. The molecule has 15 heavy (non-hydrogen) atoms. The zero-order chi connectivity index (χ0) is 11.5. The van der Waals surface area contributed by atoms with Crippen molar-refractivity contribution in [3.63, 3.8) is 0 Å². The number of aromatic nitrogens is 2. The van der Waals surface area contributed by atoms with Gasteiger partial charge in [0, 0.05) is 26.0 Å². The van der Waals surface area contributed by atoms with E-state index in [0.29, 0.717) is 0 Å². The smallest absolute Gasteiger partial charge is 0.128 e. The van der Waals surface area contributed by atoms with Crippen molar-refractivity contribution in [3.8, 4) is 0 Å². The molecule has 1 atom stereocenters. The maximum Gasteiger partial charge on any atom is 0.128 e. The van der Waals surface area contributed by atoms with Crippen molar-refractivity contribution >= 4 is 0 Å². The minimum Gasteiger partial charge on any atom is -0.377 e. The third-order valence-corrected chi connectivity index (χ3v) is 2.86. The lowest BCUT2D eigenvalue weighted by Gasteiger charge is -2.32. The van der Waals surface area contributed by atoms with Gasteiger partial charge < -0.3 is 14.6 Å². The minimum absolute atomic E-state index is 0.0949. The monoisotopic (exact) mass is 211 g/mol. The Balaban J connectivity index is 3.02. The zero-order valence-electron chi connectivity index (χ0n) is 10.2. The van der Waals surface area contributed by atoms with Crippen molar-refractivity contribution in [2.24, 2.45) is 0 Å². The standard InChI is InChI=1S/C11H21N3O/c1-6-14-8-7-13-10(14)9(12-4)11(2,3)15-5/h7-9,12H,6H2,1-5H3. The van der Waals surface area contributed by atoms with Crippen LogP contribution >= 0.6 is 0 Å². The van der Waals surface area contributed by atoms with Gasteiger partial charge in [-0.25, -0.2) is 4.98 Å². The van der Waals surface area contributed by atoms with Crippen LogP contribution in [0.4, 0.5) is 0 Å². The molecule has 0 spiro atoms. The molecule has 0 aromatic carbocycles. The minimum atomic E-state index is -0.271. The third-order valence-electron chi connectivity index (χ3n) is 2.86. The Labute approximate surface area is 91.7 Å². The Morgan fingerprint density at radius 3 is 2.73 bits per heavy atom. The average Bonchev–Trinajstić information content (AvgIpc) is 2.66. The van der Waals surface area contributed by atoms with E-state index in [9.17, 15) is 0 Å². The lowest BCUT2D eigenvalue weighted by Crippen LogP contribution is -2.40. The van der Waals surface area contributed by atoms with Gasteiger partial charge in [0.2, 0.25) is 0 Å². The Morgan fingerprint density at radius 2 is 2.27 bits per heavy atom. The van der Waals surface area contributed by atoms with Gasteiger partial charge in [-0.2, -0.15) is 0 Å². The zero-order valence-corrected chi connectivity index (χ0v) is 10.2. The SMILES string of the molecule is CCn1ccnc1C(NC)C(C)(C)OC.